The van der Waals surface area contributed by atoms with E-state index in [0.717, 1.165) is 26.1 Å². The number of rotatable bonds is 6. The molecule has 3 rings (SSSR count). The zero-order chi connectivity index (χ0) is 17.2. The number of hydrogen-bond donors (Lipinski definition) is 1. The largest absolute Gasteiger partial charge is 0.291 e. The van der Waals surface area contributed by atoms with Crippen LogP contribution in [-0.4, -0.2) is 42.4 Å². The highest BCUT2D eigenvalue weighted by Gasteiger charge is 2.25. The van der Waals surface area contributed by atoms with Crippen LogP contribution in [0.15, 0.2) is 36.5 Å². The van der Waals surface area contributed by atoms with Crippen LogP contribution >= 0.6 is 0 Å². The standard InChI is InChI=1S/C17H24N4O2S/c1-14-3-5-15(6-4-14)11-20-12-16-7-9-18-21(16)17(13-20)8-10-19-24(2,22)23/h3-7,9,17,19H,8,10-13H2,1-2H3/t17-/m1/s1. The van der Waals surface area contributed by atoms with Crippen LogP contribution in [0.2, 0.25) is 0 Å². The Hall–Kier alpha value is -1.70. The number of hydrogen-bond acceptors (Lipinski definition) is 4. The molecule has 2 heterocycles. The van der Waals surface area contributed by atoms with Crippen molar-refractivity contribution in [3.8, 4) is 0 Å². The van der Waals surface area contributed by atoms with Gasteiger partial charge in [0.2, 0.25) is 10.0 Å². The van der Waals surface area contributed by atoms with Crippen molar-refractivity contribution in [2.45, 2.75) is 32.5 Å². The highest BCUT2D eigenvalue weighted by Crippen LogP contribution is 2.24. The van der Waals surface area contributed by atoms with Crippen LogP contribution in [0.5, 0.6) is 0 Å². The number of fused-ring (bicyclic) bond motifs is 1. The van der Waals surface area contributed by atoms with E-state index in [1.807, 2.05) is 16.9 Å². The van der Waals surface area contributed by atoms with Crippen LogP contribution in [0, 0.1) is 6.92 Å². The maximum Gasteiger partial charge on any atom is 0.208 e. The fraction of sp³-hybridized carbons (Fsp3) is 0.471. The molecule has 0 fully saturated rings. The Morgan fingerprint density at radius 3 is 2.71 bits per heavy atom. The van der Waals surface area contributed by atoms with E-state index < -0.39 is 10.0 Å². The molecule has 1 aromatic heterocycles. The average Bonchev–Trinajstić information content (AvgIpc) is 2.97. The van der Waals surface area contributed by atoms with Gasteiger partial charge in [0.15, 0.2) is 0 Å². The first kappa shape index (κ1) is 17.1. The van der Waals surface area contributed by atoms with Gasteiger partial charge in [0, 0.05) is 32.4 Å². The molecular weight excluding hydrogens is 324 g/mol. The van der Waals surface area contributed by atoms with Gasteiger partial charge in [0.05, 0.1) is 18.0 Å². The molecule has 0 saturated heterocycles. The molecule has 7 heteroatoms. The third-order valence-corrected chi connectivity index (χ3v) is 5.05. The van der Waals surface area contributed by atoms with Gasteiger partial charge in [-0.15, -0.1) is 0 Å². The Labute approximate surface area is 143 Å². The molecular formula is C17H24N4O2S. The van der Waals surface area contributed by atoms with Gasteiger partial charge in [-0.3, -0.25) is 9.58 Å². The SMILES string of the molecule is Cc1ccc(CN2Cc3ccnn3[C@H](CCNS(C)(=O)=O)C2)cc1. The summed E-state index contributed by atoms with van der Waals surface area (Å²) in [4.78, 5) is 2.40. The molecule has 1 aliphatic heterocycles. The first-order chi connectivity index (χ1) is 11.4. The summed E-state index contributed by atoms with van der Waals surface area (Å²) in [5.41, 5.74) is 3.74. The van der Waals surface area contributed by atoms with Crippen molar-refractivity contribution in [1.29, 1.82) is 0 Å². The molecule has 0 radical (unpaired) electrons. The molecule has 130 valence electrons. The van der Waals surface area contributed by atoms with Crippen molar-refractivity contribution >= 4 is 10.0 Å². The van der Waals surface area contributed by atoms with E-state index in [4.69, 9.17) is 0 Å². The zero-order valence-electron chi connectivity index (χ0n) is 14.1. The maximum absolute atomic E-state index is 11.3. The second-order valence-electron chi connectivity index (χ2n) is 6.53. The second-order valence-corrected chi connectivity index (χ2v) is 8.36. The van der Waals surface area contributed by atoms with Crippen molar-refractivity contribution in [3.63, 3.8) is 0 Å². The molecule has 2 aromatic rings. The number of benzene rings is 1. The van der Waals surface area contributed by atoms with Crippen molar-refractivity contribution in [3.05, 3.63) is 53.3 Å². The highest BCUT2D eigenvalue weighted by atomic mass is 32.2. The smallest absolute Gasteiger partial charge is 0.208 e. The average molecular weight is 348 g/mol. The lowest BCUT2D eigenvalue weighted by Gasteiger charge is -2.34. The normalized spacial score (nSPS) is 18.5. The molecule has 0 saturated carbocycles. The summed E-state index contributed by atoms with van der Waals surface area (Å²) in [6.45, 7) is 5.15. The van der Waals surface area contributed by atoms with Gasteiger partial charge in [-0.25, -0.2) is 13.1 Å². The van der Waals surface area contributed by atoms with Gasteiger partial charge in [-0.05, 0) is 25.0 Å². The second kappa shape index (κ2) is 7.04. The Kier molecular flexibility index (Phi) is 5.03. The molecule has 1 aliphatic rings. The van der Waals surface area contributed by atoms with E-state index in [2.05, 4.69) is 45.9 Å². The Morgan fingerprint density at radius 2 is 2.00 bits per heavy atom. The van der Waals surface area contributed by atoms with Gasteiger partial charge in [-0.1, -0.05) is 29.8 Å². The minimum Gasteiger partial charge on any atom is -0.291 e. The van der Waals surface area contributed by atoms with Crippen molar-refractivity contribution in [2.24, 2.45) is 0 Å². The van der Waals surface area contributed by atoms with Crippen molar-refractivity contribution in [1.82, 2.24) is 19.4 Å². The quantitative estimate of drug-likeness (QED) is 0.863. The van der Waals surface area contributed by atoms with Gasteiger partial charge >= 0.3 is 0 Å². The third-order valence-electron chi connectivity index (χ3n) is 4.32. The lowest BCUT2D eigenvalue weighted by Crippen LogP contribution is -2.38. The summed E-state index contributed by atoms with van der Waals surface area (Å²) in [5.74, 6) is 0. The highest BCUT2D eigenvalue weighted by molar-refractivity contribution is 7.88. The fourth-order valence-electron chi connectivity index (χ4n) is 3.16. The van der Waals surface area contributed by atoms with E-state index in [1.54, 1.807) is 0 Å². The molecule has 0 unspecified atom stereocenters. The van der Waals surface area contributed by atoms with Crippen LogP contribution in [0.25, 0.3) is 0 Å². The molecule has 1 aromatic carbocycles. The number of aromatic nitrogens is 2. The van der Waals surface area contributed by atoms with E-state index in [-0.39, 0.29) is 6.04 Å². The molecule has 0 spiro atoms. The summed E-state index contributed by atoms with van der Waals surface area (Å²) in [7, 11) is -3.15. The zero-order valence-corrected chi connectivity index (χ0v) is 15.0. The molecule has 24 heavy (non-hydrogen) atoms. The maximum atomic E-state index is 11.3. The predicted molar refractivity (Wildman–Crippen MR) is 94.0 cm³/mol. The third kappa shape index (κ3) is 4.43. The first-order valence-corrected chi connectivity index (χ1v) is 10.0. The monoisotopic (exact) mass is 348 g/mol. The summed E-state index contributed by atoms with van der Waals surface area (Å²) in [6.07, 6.45) is 3.74. The minimum absolute atomic E-state index is 0.184. The Bertz CT molecular complexity index is 783. The number of nitrogens with zero attached hydrogens (tertiary/aromatic N) is 3. The van der Waals surface area contributed by atoms with Gasteiger partial charge in [0.25, 0.3) is 0 Å². The van der Waals surface area contributed by atoms with E-state index in [1.165, 1.54) is 23.1 Å². The summed E-state index contributed by atoms with van der Waals surface area (Å²) < 4.78 is 27.1. The van der Waals surface area contributed by atoms with E-state index in [0.29, 0.717) is 6.54 Å². The van der Waals surface area contributed by atoms with Gasteiger partial charge in [-0.2, -0.15) is 5.10 Å². The van der Waals surface area contributed by atoms with Crippen molar-refractivity contribution < 1.29 is 8.42 Å². The summed E-state index contributed by atoms with van der Waals surface area (Å²) >= 11 is 0. The Balaban J connectivity index is 1.67. The molecule has 0 amide bonds. The molecule has 1 N–H and O–H groups in total. The van der Waals surface area contributed by atoms with Crippen LogP contribution in [0.1, 0.15) is 29.3 Å². The lowest BCUT2D eigenvalue weighted by molar-refractivity contribution is 0.162. The van der Waals surface area contributed by atoms with E-state index >= 15 is 0 Å². The Morgan fingerprint density at radius 1 is 1.25 bits per heavy atom. The van der Waals surface area contributed by atoms with Crippen LogP contribution in [0.3, 0.4) is 0 Å². The molecule has 0 bridgehead atoms. The van der Waals surface area contributed by atoms with Crippen LogP contribution < -0.4 is 4.72 Å². The topological polar surface area (TPSA) is 67.2 Å². The molecule has 0 aliphatic carbocycles. The molecule has 6 nitrogen and oxygen atoms in total. The first-order valence-electron chi connectivity index (χ1n) is 8.15. The predicted octanol–water partition coefficient (Wildman–Crippen LogP) is 1.69. The van der Waals surface area contributed by atoms with Crippen LogP contribution in [-0.2, 0) is 23.1 Å². The van der Waals surface area contributed by atoms with E-state index in [9.17, 15) is 8.42 Å². The minimum atomic E-state index is -3.15. The summed E-state index contributed by atoms with van der Waals surface area (Å²) in [5, 5.41) is 4.42. The van der Waals surface area contributed by atoms with Gasteiger partial charge < -0.3 is 0 Å². The van der Waals surface area contributed by atoms with Crippen LogP contribution in [0.4, 0.5) is 0 Å². The summed E-state index contributed by atoms with van der Waals surface area (Å²) in [6, 6.07) is 10.8. The van der Waals surface area contributed by atoms with Gasteiger partial charge in [0.1, 0.15) is 0 Å². The lowest BCUT2D eigenvalue weighted by atomic mass is 10.1. The number of nitrogens with one attached hydrogen (secondary N) is 1. The fourth-order valence-corrected chi connectivity index (χ4v) is 3.65. The number of sulfonamides is 1. The number of aryl methyl sites for hydroxylation is 1. The van der Waals surface area contributed by atoms with Crippen molar-refractivity contribution in [2.75, 3.05) is 19.3 Å². The molecule has 1 atom stereocenters.